The number of likely N-dealkylation sites (N-methyl/N-ethyl adjacent to an activating group) is 1. The van der Waals surface area contributed by atoms with Crippen molar-refractivity contribution in [1.29, 1.82) is 0 Å². The molecule has 1 spiro atoms. The maximum atomic E-state index is 15.0. The van der Waals surface area contributed by atoms with Crippen LogP contribution in [0.5, 0.6) is 0 Å². The number of carbonyl (C=O) groups is 3. The number of hydrogen-bond donors (Lipinski definition) is 0. The third-order valence-corrected chi connectivity index (χ3v) is 9.03. The molecular weight excluding hydrogens is 526 g/mol. The van der Waals surface area contributed by atoms with Gasteiger partial charge in [0.25, 0.3) is 5.91 Å². The molecule has 2 saturated heterocycles. The summed E-state index contributed by atoms with van der Waals surface area (Å²) >= 11 is 0. The molecule has 0 N–H and O–H groups in total. The van der Waals surface area contributed by atoms with Gasteiger partial charge in [0, 0.05) is 23.7 Å². The van der Waals surface area contributed by atoms with Crippen LogP contribution in [-0.4, -0.2) is 53.9 Å². The second-order valence-electron chi connectivity index (χ2n) is 11.3. The van der Waals surface area contributed by atoms with Gasteiger partial charge in [-0.2, -0.15) is 0 Å². The van der Waals surface area contributed by atoms with Gasteiger partial charge in [-0.05, 0) is 42.8 Å². The SMILES string of the molecule is CN1C[C@@H](c2ccccc2)[C@H](C(=O)N2C(=O)OC[C@@H]2Cc2ccccc2)[C@@]12C(=O)N(c1ccccc1)c1ccccc12. The van der Waals surface area contributed by atoms with E-state index in [1.807, 2.05) is 127 Å². The van der Waals surface area contributed by atoms with Crippen molar-refractivity contribution in [3.63, 3.8) is 0 Å². The highest BCUT2D eigenvalue weighted by molar-refractivity contribution is 6.15. The zero-order chi connectivity index (χ0) is 28.8. The standard InChI is InChI=1S/C35H31N3O4/c1-36-22-28(25-15-7-3-8-16-25)31(32(39)38-27(23-42-34(38)41)21-24-13-5-2-6-14-24)35(36)29-19-11-12-20-30(29)37(33(35)40)26-17-9-4-10-18-26/h2-20,27-28,31H,21-23H2,1H3/t27-,28-,31+,35-/m0/s1. The van der Waals surface area contributed by atoms with E-state index >= 15 is 0 Å². The molecule has 0 aliphatic carbocycles. The lowest BCUT2D eigenvalue weighted by Gasteiger charge is -2.38. The third kappa shape index (κ3) is 3.88. The molecular formula is C35H31N3O4. The van der Waals surface area contributed by atoms with Gasteiger partial charge in [-0.15, -0.1) is 0 Å². The van der Waals surface area contributed by atoms with E-state index in [1.165, 1.54) is 4.90 Å². The largest absolute Gasteiger partial charge is 0.447 e. The first kappa shape index (κ1) is 26.2. The van der Waals surface area contributed by atoms with Crippen LogP contribution < -0.4 is 4.90 Å². The summed E-state index contributed by atoms with van der Waals surface area (Å²) in [5, 5.41) is 0. The Bertz CT molecular complexity index is 1640. The zero-order valence-electron chi connectivity index (χ0n) is 23.3. The first-order chi connectivity index (χ1) is 20.5. The summed E-state index contributed by atoms with van der Waals surface area (Å²) in [7, 11) is 1.91. The molecule has 3 aliphatic rings. The fourth-order valence-corrected chi connectivity index (χ4v) is 7.23. The number of anilines is 2. The van der Waals surface area contributed by atoms with Crippen molar-refractivity contribution in [2.75, 3.05) is 25.1 Å². The number of cyclic esters (lactones) is 1. The molecule has 0 unspecified atom stereocenters. The minimum Gasteiger partial charge on any atom is -0.447 e. The number of hydrogen-bond acceptors (Lipinski definition) is 5. The average Bonchev–Trinajstić information content (AvgIpc) is 3.64. The van der Waals surface area contributed by atoms with Gasteiger partial charge in [-0.3, -0.25) is 19.4 Å². The highest BCUT2D eigenvalue weighted by atomic mass is 16.6. The van der Waals surface area contributed by atoms with E-state index in [-0.39, 0.29) is 24.3 Å². The van der Waals surface area contributed by atoms with Crippen molar-refractivity contribution in [1.82, 2.24) is 9.80 Å². The Balaban J connectivity index is 1.39. The molecule has 42 heavy (non-hydrogen) atoms. The normalized spacial score (nSPS) is 25.2. The molecule has 210 valence electrons. The lowest BCUT2D eigenvalue weighted by atomic mass is 9.72. The highest BCUT2D eigenvalue weighted by Gasteiger charge is 2.67. The number of ether oxygens (including phenoxy) is 1. The molecule has 0 bridgehead atoms. The fraction of sp³-hybridized carbons (Fsp3) is 0.229. The maximum absolute atomic E-state index is 15.0. The van der Waals surface area contributed by atoms with Crippen LogP contribution in [0.15, 0.2) is 115 Å². The van der Waals surface area contributed by atoms with E-state index < -0.39 is 23.6 Å². The Morgan fingerprint density at radius 1 is 0.833 bits per heavy atom. The molecule has 4 atom stereocenters. The number of fused-ring (bicyclic) bond motifs is 2. The van der Waals surface area contributed by atoms with Crippen molar-refractivity contribution in [3.05, 3.63) is 132 Å². The van der Waals surface area contributed by atoms with Crippen molar-refractivity contribution in [2.24, 2.45) is 5.92 Å². The number of rotatable bonds is 5. The quantitative estimate of drug-likeness (QED) is 0.324. The molecule has 0 radical (unpaired) electrons. The number of amides is 3. The van der Waals surface area contributed by atoms with Gasteiger partial charge < -0.3 is 4.74 Å². The Kier molecular flexibility index (Phi) is 6.39. The number of imide groups is 1. The zero-order valence-corrected chi connectivity index (χ0v) is 23.3. The van der Waals surface area contributed by atoms with Crippen molar-refractivity contribution in [2.45, 2.75) is 23.9 Å². The molecule has 0 aromatic heterocycles. The Morgan fingerprint density at radius 2 is 1.45 bits per heavy atom. The number of benzene rings is 4. The number of nitrogens with zero attached hydrogens (tertiary/aromatic N) is 3. The molecule has 4 aromatic rings. The first-order valence-electron chi connectivity index (χ1n) is 14.3. The summed E-state index contributed by atoms with van der Waals surface area (Å²) in [6.07, 6.45) is -0.180. The van der Waals surface area contributed by atoms with Crippen LogP contribution in [0.4, 0.5) is 16.2 Å². The summed E-state index contributed by atoms with van der Waals surface area (Å²) in [5.74, 6) is -1.77. The van der Waals surface area contributed by atoms with E-state index in [0.29, 0.717) is 13.0 Å². The van der Waals surface area contributed by atoms with E-state index in [2.05, 4.69) is 0 Å². The minimum atomic E-state index is -1.32. The molecule has 3 amide bonds. The highest BCUT2D eigenvalue weighted by Crippen LogP contribution is 2.58. The molecule has 4 aromatic carbocycles. The maximum Gasteiger partial charge on any atom is 0.416 e. The van der Waals surface area contributed by atoms with E-state index in [4.69, 9.17) is 4.74 Å². The topological polar surface area (TPSA) is 70.2 Å². The van der Waals surface area contributed by atoms with E-state index in [9.17, 15) is 14.4 Å². The summed E-state index contributed by atoms with van der Waals surface area (Å²) < 4.78 is 5.49. The predicted molar refractivity (Wildman–Crippen MR) is 159 cm³/mol. The van der Waals surface area contributed by atoms with Crippen LogP contribution in [0.3, 0.4) is 0 Å². The van der Waals surface area contributed by atoms with Gasteiger partial charge in [0.1, 0.15) is 12.1 Å². The summed E-state index contributed by atoms with van der Waals surface area (Å²) in [5.41, 5.74) is 2.90. The van der Waals surface area contributed by atoms with Crippen LogP contribution in [0, 0.1) is 5.92 Å². The monoisotopic (exact) mass is 557 g/mol. The smallest absolute Gasteiger partial charge is 0.416 e. The van der Waals surface area contributed by atoms with Crippen molar-refractivity contribution < 1.29 is 19.1 Å². The second kappa shape index (κ2) is 10.3. The average molecular weight is 558 g/mol. The van der Waals surface area contributed by atoms with Crippen LogP contribution in [0.2, 0.25) is 0 Å². The predicted octanol–water partition coefficient (Wildman–Crippen LogP) is 5.50. The van der Waals surface area contributed by atoms with Gasteiger partial charge in [0.2, 0.25) is 5.91 Å². The lowest BCUT2D eigenvalue weighted by molar-refractivity contribution is -0.143. The molecule has 3 heterocycles. The van der Waals surface area contributed by atoms with Gasteiger partial charge in [0.15, 0.2) is 0 Å². The van der Waals surface area contributed by atoms with Crippen LogP contribution in [-0.2, 0) is 26.3 Å². The van der Waals surface area contributed by atoms with E-state index in [1.54, 1.807) is 4.90 Å². The fourth-order valence-electron chi connectivity index (χ4n) is 7.23. The summed E-state index contributed by atoms with van der Waals surface area (Å²) in [6, 6.07) is 36.4. The van der Waals surface area contributed by atoms with Crippen LogP contribution in [0.25, 0.3) is 0 Å². The Morgan fingerprint density at radius 3 is 2.17 bits per heavy atom. The van der Waals surface area contributed by atoms with Gasteiger partial charge in [-0.25, -0.2) is 9.69 Å². The molecule has 0 saturated carbocycles. The first-order valence-corrected chi connectivity index (χ1v) is 14.3. The number of carbonyl (C=O) groups excluding carboxylic acids is 3. The minimum absolute atomic E-state index is 0.117. The van der Waals surface area contributed by atoms with E-state index in [0.717, 1.165) is 28.1 Å². The summed E-state index contributed by atoms with van der Waals surface area (Å²) in [6.45, 7) is 0.584. The summed E-state index contributed by atoms with van der Waals surface area (Å²) in [4.78, 5) is 48.3. The molecule has 7 heteroatoms. The third-order valence-electron chi connectivity index (χ3n) is 9.03. The number of likely N-dealkylation sites (tertiary alicyclic amines) is 1. The number of para-hydroxylation sites is 2. The van der Waals surface area contributed by atoms with Crippen LogP contribution >= 0.6 is 0 Å². The van der Waals surface area contributed by atoms with Crippen molar-refractivity contribution in [3.8, 4) is 0 Å². The van der Waals surface area contributed by atoms with Crippen LogP contribution in [0.1, 0.15) is 22.6 Å². The van der Waals surface area contributed by atoms with Crippen molar-refractivity contribution >= 4 is 29.3 Å². The van der Waals surface area contributed by atoms with Gasteiger partial charge in [0.05, 0.1) is 17.6 Å². The molecule has 3 aliphatic heterocycles. The Hall–Kier alpha value is -4.75. The molecule has 7 nitrogen and oxygen atoms in total. The Labute approximate surface area is 244 Å². The molecule has 7 rings (SSSR count). The van der Waals surface area contributed by atoms with Gasteiger partial charge in [-0.1, -0.05) is 97.1 Å². The van der Waals surface area contributed by atoms with Gasteiger partial charge >= 0.3 is 6.09 Å². The molecule has 2 fully saturated rings. The second-order valence-corrected chi connectivity index (χ2v) is 11.3. The lowest BCUT2D eigenvalue weighted by Crippen LogP contribution is -2.56.